The Morgan fingerprint density at radius 2 is 2.20 bits per heavy atom. The fraction of sp³-hybridized carbons (Fsp3) is 0.300. The summed E-state index contributed by atoms with van der Waals surface area (Å²) in [5, 5.41) is 2.52. The molecule has 0 aliphatic carbocycles. The third-order valence-corrected chi connectivity index (χ3v) is 2.21. The number of hydrogen-bond donors (Lipinski definition) is 1. The van der Waals surface area contributed by atoms with Crippen LogP contribution in [0.2, 0.25) is 0 Å². The van der Waals surface area contributed by atoms with Gasteiger partial charge in [-0.2, -0.15) is 0 Å². The smallest absolute Gasteiger partial charge is 0.246 e. The molecule has 1 aromatic rings. The Morgan fingerprint density at radius 1 is 1.40 bits per heavy atom. The van der Waals surface area contributed by atoms with Crippen LogP contribution in [-0.4, -0.2) is 19.1 Å². The van der Waals surface area contributed by atoms with Crippen LogP contribution in [-0.2, 0) is 9.53 Å². The van der Waals surface area contributed by atoms with E-state index in [4.69, 9.17) is 4.74 Å². The number of rotatable bonds is 1. The standard InChI is InChI=1S/C10H9F2NO2/c11-6-1-2-8(12)7(3-6)9-4-13-10(14)5-15-9/h1-3,9H,4-5H2,(H,13,14)/t9-/m0/s1. The second-order valence-corrected chi connectivity index (χ2v) is 3.27. The Bertz CT molecular complexity index is 385. The van der Waals surface area contributed by atoms with E-state index in [1.807, 2.05) is 0 Å². The van der Waals surface area contributed by atoms with Gasteiger partial charge in [0.2, 0.25) is 5.91 Å². The molecular weight excluding hydrogens is 204 g/mol. The maximum Gasteiger partial charge on any atom is 0.246 e. The van der Waals surface area contributed by atoms with Gasteiger partial charge in [0.15, 0.2) is 0 Å². The molecular formula is C10H9F2NO2. The normalized spacial score (nSPS) is 21.2. The second-order valence-electron chi connectivity index (χ2n) is 3.27. The summed E-state index contributed by atoms with van der Waals surface area (Å²) in [4.78, 5) is 10.8. The summed E-state index contributed by atoms with van der Waals surface area (Å²) in [5.74, 6) is -1.30. The zero-order valence-electron chi connectivity index (χ0n) is 7.80. The van der Waals surface area contributed by atoms with Crippen LogP contribution in [0.15, 0.2) is 18.2 Å². The number of ether oxygens (including phenoxy) is 1. The zero-order chi connectivity index (χ0) is 10.8. The van der Waals surface area contributed by atoms with Crippen molar-refractivity contribution in [3.63, 3.8) is 0 Å². The molecule has 80 valence electrons. The van der Waals surface area contributed by atoms with E-state index in [1.54, 1.807) is 0 Å². The van der Waals surface area contributed by atoms with E-state index in [0.717, 1.165) is 18.2 Å². The molecule has 1 aromatic carbocycles. The van der Waals surface area contributed by atoms with E-state index in [1.165, 1.54) is 0 Å². The highest BCUT2D eigenvalue weighted by atomic mass is 19.1. The van der Waals surface area contributed by atoms with Gasteiger partial charge in [-0.25, -0.2) is 8.78 Å². The molecule has 1 heterocycles. The lowest BCUT2D eigenvalue weighted by molar-refractivity contribution is -0.133. The van der Waals surface area contributed by atoms with Crippen molar-refractivity contribution < 1.29 is 18.3 Å². The van der Waals surface area contributed by atoms with Gasteiger partial charge >= 0.3 is 0 Å². The van der Waals surface area contributed by atoms with Crippen LogP contribution in [0.25, 0.3) is 0 Å². The van der Waals surface area contributed by atoms with Gasteiger partial charge in [0.05, 0.1) is 0 Å². The SMILES string of the molecule is O=C1CO[C@H](c2cc(F)ccc2F)CN1. The van der Waals surface area contributed by atoms with E-state index in [-0.39, 0.29) is 24.6 Å². The van der Waals surface area contributed by atoms with Gasteiger partial charge < -0.3 is 10.1 Å². The van der Waals surface area contributed by atoms with Crippen molar-refractivity contribution in [1.82, 2.24) is 5.32 Å². The van der Waals surface area contributed by atoms with Crippen molar-refractivity contribution in [3.8, 4) is 0 Å². The van der Waals surface area contributed by atoms with Crippen LogP contribution in [0.4, 0.5) is 8.78 Å². The van der Waals surface area contributed by atoms with E-state index >= 15 is 0 Å². The van der Waals surface area contributed by atoms with Crippen LogP contribution in [0.1, 0.15) is 11.7 Å². The Hall–Kier alpha value is -1.49. The van der Waals surface area contributed by atoms with E-state index in [2.05, 4.69) is 5.32 Å². The molecule has 1 saturated heterocycles. The van der Waals surface area contributed by atoms with Crippen molar-refractivity contribution in [2.75, 3.05) is 13.2 Å². The molecule has 3 nitrogen and oxygen atoms in total. The van der Waals surface area contributed by atoms with Gasteiger partial charge in [0.1, 0.15) is 24.3 Å². The Labute approximate surface area is 85.0 Å². The molecule has 1 aliphatic heterocycles. The first-order chi connectivity index (χ1) is 7.16. The molecule has 1 atom stereocenters. The predicted octanol–water partition coefficient (Wildman–Crippen LogP) is 1.15. The van der Waals surface area contributed by atoms with Crippen LogP contribution in [0, 0.1) is 11.6 Å². The third kappa shape index (κ3) is 2.12. The van der Waals surface area contributed by atoms with E-state index in [0.29, 0.717) is 0 Å². The van der Waals surface area contributed by atoms with Crippen LogP contribution < -0.4 is 5.32 Å². The number of morpholine rings is 1. The first kappa shape index (κ1) is 10.0. The maximum atomic E-state index is 13.3. The van der Waals surface area contributed by atoms with Crippen molar-refractivity contribution in [2.45, 2.75) is 6.10 Å². The monoisotopic (exact) mass is 213 g/mol. The average molecular weight is 213 g/mol. The van der Waals surface area contributed by atoms with Crippen LogP contribution in [0.3, 0.4) is 0 Å². The summed E-state index contributed by atoms with van der Waals surface area (Å²) >= 11 is 0. The predicted molar refractivity (Wildman–Crippen MR) is 48.1 cm³/mol. The molecule has 1 fully saturated rings. The van der Waals surface area contributed by atoms with Gasteiger partial charge in [-0.05, 0) is 18.2 Å². The van der Waals surface area contributed by atoms with Crippen LogP contribution in [0.5, 0.6) is 0 Å². The van der Waals surface area contributed by atoms with E-state index in [9.17, 15) is 13.6 Å². The second kappa shape index (κ2) is 3.94. The fourth-order valence-corrected chi connectivity index (χ4v) is 1.45. The molecule has 5 heteroatoms. The van der Waals surface area contributed by atoms with Crippen molar-refractivity contribution in [3.05, 3.63) is 35.4 Å². The fourth-order valence-electron chi connectivity index (χ4n) is 1.45. The maximum absolute atomic E-state index is 13.3. The number of hydrogen-bond acceptors (Lipinski definition) is 2. The molecule has 15 heavy (non-hydrogen) atoms. The number of carbonyl (C=O) groups is 1. The molecule has 1 amide bonds. The number of benzene rings is 1. The number of nitrogens with one attached hydrogen (secondary N) is 1. The molecule has 1 aliphatic rings. The highest BCUT2D eigenvalue weighted by Gasteiger charge is 2.23. The minimum atomic E-state index is -0.613. The zero-order valence-corrected chi connectivity index (χ0v) is 7.80. The molecule has 0 spiro atoms. The molecule has 1 N–H and O–H groups in total. The number of carbonyl (C=O) groups excluding carboxylic acids is 1. The van der Waals surface area contributed by atoms with Crippen molar-refractivity contribution >= 4 is 5.91 Å². The van der Waals surface area contributed by atoms with Gasteiger partial charge in [-0.15, -0.1) is 0 Å². The molecule has 0 aromatic heterocycles. The lowest BCUT2D eigenvalue weighted by atomic mass is 10.1. The number of amides is 1. The molecule has 0 bridgehead atoms. The first-order valence-electron chi connectivity index (χ1n) is 4.50. The van der Waals surface area contributed by atoms with Gasteiger partial charge in [-0.1, -0.05) is 0 Å². The van der Waals surface area contributed by atoms with Gasteiger partial charge in [0, 0.05) is 12.1 Å². The van der Waals surface area contributed by atoms with Crippen LogP contribution >= 0.6 is 0 Å². The summed E-state index contributed by atoms with van der Waals surface area (Å²) in [6, 6.07) is 3.17. The largest absolute Gasteiger partial charge is 0.362 e. The highest BCUT2D eigenvalue weighted by molar-refractivity contribution is 5.77. The molecule has 0 radical (unpaired) electrons. The lowest BCUT2D eigenvalue weighted by Gasteiger charge is -2.23. The summed E-state index contributed by atoms with van der Waals surface area (Å²) in [6.07, 6.45) is -0.613. The quantitative estimate of drug-likeness (QED) is 0.760. The molecule has 0 saturated carbocycles. The van der Waals surface area contributed by atoms with Crippen molar-refractivity contribution in [2.24, 2.45) is 0 Å². The Balaban J connectivity index is 2.21. The summed E-state index contributed by atoms with van der Waals surface area (Å²) < 4.78 is 31.3. The first-order valence-corrected chi connectivity index (χ1v) is 4.50. The minimum absolute atomic E-state index is 0.124. The topological polar surface area (TPSA) is 38.3 Å². The summed E-state index contributed by atoms with van der Waals surface area (Å²) in [5.41, 5.74) is 0.134. The Kier molecular flexibility index (Phi) is 2.64. The molecule has 2 rings (SSSR count). The summed E-state index contributed by atoms with van der Waals surface area (Å²) in [7, 11) is 0. The third-order valence-electron chi connectivity index (χ3n) is 2.21. The highest BCUT2D eigenvalue weighted by Crippen LogP contribution is 2.22. The van der Waals surface area contributed by atoms with E-state index < -0.39 is 17.7 Å². The minimum Gasteiger partial charge on any atom is -0.362 e. The molecule has 0 unspecified atom stereocenters. The van der Waals surface area contributed by atoms with Gasteiger partial charge in [-0.3, -0.25) is 4.79 Å². The van der Waals surface area contributed by atoms with Crippen molar-refractivity contribution in [1.29, 1.82) is 0 Å². The lowest BCUT2D eigenvalue weighted by Crippen LogP contribution is -2.39. The average Bonchev–Trinajstić information content (AvgIpc) is 2.23. The van der Waals surface area contributed by atoms with Gasteiger partial charge in [0.25, 0.3) is 0 Å². The Morgan fingerprint density at radius 3 is 2.87 bits per heavy atom. The number of halogens is 2. The summed E-state index contributed by atoms with van der Waals surface area (Å²) in [6.45, 7) is 0.0415.